The lowest BCUT2D eigenvalue weighted by Gasteiger charge is -2.07. The van der Waals surface area contributed by atoms with Crippen molar-refractivity contribution < 1.29 is 9.18 Å². The van der Waals surface area contributed by atoms with Gasteiger partial charge in [0.2, 0.25) is 5.16 Å². The Morgan fingerprint density at radius 3 is 2.68 bits per heavy atom. The first-order valence-corrected chi connectivity index (χ1v) is 8.93. The lowest BCUT2D eigenvalue weighted by Crippen LogP contribution is -2.13. The molecule has 3 aromatic rings. The topological polar surface area (TPSA) is 58.6 Å². The highest BCUT2D eigenvalue weighted by Gasteiger charge is 2.19. The van der Waals surface area contributed by atoms with Crippen molar-refractivity contribution in [3.63, 3.8) is 0 Å². The monoisotopic (exact) mass is 355 g/mol. The minimum atomic E-state index is -0.418. The second-order valence-electron chi connectivity index (χ2n) is 5.65. The summed E-state index contributed by atoms with van der Waals surface area (Å²) >= 11 is 1.25. The molecule has 0 spiro atoms. The summed E-state index contributed by atoms with van der Waals surface area (Å²) in [6, 6.07) is 13.8. The van der Waals surface area contributed by atoms with Crippen molar-refractivity contribution in [1.29, 1.82) is 0 Å². The number of nitrogens with zero attached hydrogens (tertiary/aromatic N) is 2. The molecule has 0 radical (unpaired) electrons. The van der Waals surface area contributed by atoms with E-state index in [9.17, 15) is 9.18 Å². The molecule has 4 nitrogen and oxygen atoms in total. The summed E-state index contributed by atoms with van der Waals surface area (Å²) in [6.07, 6.45) is 0.984. The molecular weight excluding hydrogens is 337 g/mol. The average molecular weight is 355 g/mol. The van der Waals surface area contributed by atoms with Crippen LogP contribution in [0.15, 0.2) is 53.7 Å². The van der Waals surface area contributed by atoms with Gasteiger partial charge in [0.15, 0.2) is 11.6 Å². The summed E-state index contributed by atoms with van der Waals surface area (Å²) < 4.78 is 13.3. The number of hydrogen-bond donors (Lipinski definition) is 1. The van der Waals surface area contributed by atoms with Crippen LogP contribution in [0.25, 0.3) is 11.4 Å². The maximum absolute atomic E-state index is 13.3. The van der Waals surface area contributed by atoms with Gasteiger partial charge in [-0.05, 0) is 31.0 Å². The van der Waals surface area contributed by atoms with E-state index in [-0.39, 0.29) is 5.78 Å². The van der Waals surface area contributed by atoms with E-state index in [0.717, 1.165) is 12.0 Å². The third-order valence-corrected chi connectivity index (χ3v) is 4.82. The Balaban J connectivity index is 1.71. The molecule has 128 valence electrons. The number of aromatic nitrogens is 3. The summed E-state index contributed by atoms with van der Waals surface area (Å²) in [5.41, 5.74) is 2.55. The predicted molar refractivity (Wildman–Crippen MR) is 97.2 cm³/mol. The number of aromatic amines is 1. The van der Waals surface area contributed by atoms with Gasteiger partial charge in [-0.2, -0.15) is 0 Å². The second kappa shape index (κ2) is 7.61. The van der Waals surface area contributed by atoms with E-state index in [0.29, 0.717) is 16.5 Å². The highest BCUT2D eigenvalue weighted by atomic mass is 32.2. The number of ketones is 1. The molecule has 0 amide bonds. The number of carbonyl (C=O) groups is 1. The smallest absolute Gasteiger partial charge is 0.209 e. The number of H-pyrrole nitrogens is 1. The van der Waals surface area contributed by atoms with Gasteiger partial charge in [-0.3, -0.25) is 9.89 Å². The number of thioether (sulfide) groups is 1. The molecule has 0 bridgehead atoms. The van der Waals surface area contributed by atoms with Crippen LogP contribution in [0, 0.1) is 5.82 Å². The van der Waals surface area contributed by atoms with Gasteiger partial charge in [0.25, 0.3) is 0 Å². The number of Topliss-reactive ketones (excluding diaryl/α,β-unsaturated/α-hetero) is 1. The minimum absolute atomic E-state index is 0.150. The normalized spacial score (nSPS) is 12.1. The standard InChI is InChI=1S/C19H18FN3OS/c1-3-13-7-9-14(10-8-13)18-21-19(23-22-18)25-12(2)17(24)15-5-4-6-16(20)11-15/h4-12H,3H2,1-2H3,(H,21,22,23). The fraction of sp³-hybridized carbons (Fsp3) is 0.211. The quantitative estimate of drug-likeness (QED) is 0.521. The Morgan fingerprint density at radius 1 is 1.24 bits per heavy atom. The molecule has 1 heterocycles. The van der Waals surface area contributed by atoms with Crippen molar-refractivity contribution in [2.24, 2.45) is 0 Å². The van der Waals surface area contributed by atoms with Gasteiger partial charge in [-0.25, -0.2) is 9.37 Å². The molecule has 3 rings (SSSR count). The highest BCUT2D eigenvalue weighted by Crippen LogP contribution is 2.25. The maximum Gasteiger partial charge on any atom is 0.209 e. The van der Waals surface area contributed by atoms with Gasteiger partial charge in [0.1, 0.15) is 5.82 Å². The Morgan fingerprint density at radius 2 is 2.00 bits per heavy atom. The molecule has 1 N–H and O–H groups in total. The van der Waals surface area contributed by atoms with E-state index in [1.54, 1.807) is 13.0 Å². The SMILES string of the molecule is CCc1ccc(-c2nc(SC(C)C(=O)c3cccc(F)c3)n[nH]2)cc1. The molecule has 1 aromatic heterocycles. The van der Waals surface area contributed by atoms with Crippen LogP contribution in [0.1, 0.15) is 29.8 Å². The van der Waals surface area contributed by atoms with E-state index in [4.69, 9.17) is 0 Å². The number of aryl methyl sites for hydroxylation is 1. The van der Waals surface area contributed by atoms with Gasteiger partial charge in [-0.1, -0.05) is 55.1 Å². The van der Waals surface area contributed by atoms with Crippen LogP contribution < -0.4 is 0 Å². The molecule has 6 heteroatoms. The Labute approximate surface area is 149 Å². The van der Waals surface area contributed by atoms with Gasteiger partial charge < -0.3 is 0 Å². The van der Waals surface area contributed by atoms with Crippen molar-refractivity contribution in [2.75, 3.05) is 0 Å². The molecule has 0 saturated carbocycles. The largest absolute Gasteiger partial charge is 0.293 e. The zero-order chi connectivity index (χ0) is 17.8. The summed E-state index contributed by atoms with van der Waals surface area (Å²) in [6.45, 7) is 3.87. The third-order valence-electron chi connectivity index (χ3n) is 3.86. The van der Waals surface area contributed by atoms with Crippen LogP contribution in [0.4, 0.5) is 4.39 Å². The van der Waals surface area contributed by atoms with Crippen LogP contribution in [-0.2, 0) is 6.42 Å². The van der Waals surface area contributed by atoms with Crippen molar-refractivity contribution in [1.82, 2.24) is 15.2 Å². The molecule has 1 atom stereocenters. The minimum Gasteiger partial charge on any atom is -0.293 e. The first-order chi connectivity index (χ1) is 12.1. The van der Waals surface area contributed by atoms with E-state index in [1.807, 2.05) is 12.1 Å². The molecule has 0 saturated heterocycles. The van der Waals surface area contributed by atoms with Crippen LogP contribution >= 0.6 is 11.8 Å². The van der Waals surface area contributed by atoms with E-state index in [2.05, 4.69) is 34.2 Å². The first-order valence-electron chi connectivity index (χ1n) is 8.05. The van der Waals surface area contributed by atoms with Crippen molar-refractivity contribution in [2.45, 2.75) is 30.7 Å². The van der Waals surface area contributed by atoms with Crippen LogP contribution in [0.3, 0.4) is 0 Å². The van der Waals surface area contributed by atoms with E-state index < -0.39 is 11.1 Å². The van der Waals surface area contributed by atoms with Gasteiger partial charge in [-0.15, -0.1) is 5.10 Å². The Hall–Kier alpha value is -2.47. The summed E-state index contributed by atoms with van der Waals surface area (Å²) in [7, 11) is 0. The van der Waals surface area contributed by atoms with Gasteiger partial charge >= 0.3 is 0 Å². The summed E-state index contributed by atoms with van der Waals surface area (Å²) in [5.74, 6) is 0.0949. The second-order valence-corrected chi connectivity index (χ2v) is 6.96. The average Bonchev–Trinajstić information content (AvgIpc) is 3.09. The molecular formula is C19H18FN3OS. The van der Waals surface area contributed by atoms with Gasteiger partial charge in [0.05, 0.1) is 5.25 Å². The highest BCUT2D eigenvalue weighted by molar-refractivity contribution is 8.00. The maximum atomic E-state index is 13.3. The van der Waals surface area contributed by atoms with Crippen molar-refractivity contribution in [3.8, 4) is 11.4 Å². The molecule has 2 aromatic carbocycles. The third kappa shape index (κ3) is 4.14. The summed E-state index contributed by atoms with van der Waals surface area (Å²) in [4.78, 5) is 16.8. The fourth-order valence-electron chi connectivity index (χ4n) is 2.41. The number of halogens is 1. The molecule has 25 heavy (non-hydrogen) atoms. The van der Waals surface area contributed by atoms with Crippen molar-refractivity contribution >= 4 is 17.5 Å². The molecule has 0 fully saturated rings. The fourth-order valence-corrected chi connectivity index (χ4v) is 3.22. The number of hydrogen-bond acceptors (Lipinski definition) is 4. The van der Waals surface area contributed by atoms with Crippen molar-refractivity contribution in [3.05, 3.63) is 65.5 Å². The first kappa shape index (κ1) is 17.4. The van der Waals surface area contributed by atoms with Gasteiger partial charge in [0, 0.05) is 11.1 Å². The lowest BCUT2D eigenvalue weighted by atomic mass is 10.1. The van der Waals surface area contributed by atoms with E-state index >= 15 is 0 Å². The van der Waals surface area contributed by atoms with E-state index in [1.165, 1.54) is 35.5 Å². The van der Waals surface area contributed by atoms with Crippen LogP contribution in [0.2, 0.25) is 0 Å². The Kier molecular flexibility index (Phi) is 5.28. The predicted octanol–water partition coefficient (Wildman–Crippen LogP) is 4.54. The van der Waals surface area contributed by atoms with Crippen LogP contribution in [0.5, 0.6) is 0 Å². The number of rotatable bonds is 6. The molecule has 0 aliphatic carbocycles. The zero-order valence-electron chi connectivity index (χ0n) is 14.0. The summed E-state index contributed by atoms with van der Waals surface area (Å²) in [5, 5.41) is 7.15. The molecule has 1 unspecified atom stereocenters. The van der Waals surface area contributed by atoms with Crippen LogP contribution in [-0.4, -0.2) is 26.2 Å². The zero-order valence-corrected chi connectivity index (χ0v) is 14.8. The molecule has 0 aliphatic rings. The number of carbonyl (C=O) groups excluding carboxylic acids is 1. The Bertz CT molecular complexity index is 876. The number of nitrogens with one attached hydrogen (secondary N) is 1. The lowest BCUT2D eigenvalue weighted by molar-refractivity contribution is 0.0993. The molecule has 0 aliphatic heterocycles. The number of benzene rings is 2.